The van der Waals surface area contributed by atoms with E-state index in [-0.39, 0.29) is 10.8 Å². The topological polar surface area (TPSA) is 67.4 Å². The number of hydrogen-bond acceptors (Lipinski definition) is 5. The van der Waals surface area contributed by atoms with Crippen molar-refractivity contribution in [3.63, 3.8) is 0 Å². The van der Waals surface area contributed by atoms with E-state index in [1.807, 2.05) is 12.1 Å². The van der Waals surface area contributed by atoms with Crippen LogP contribution in [0.4, 0.5) is 0 Å². The summed E-state index contributed by atoms with van der Waals surface area (Å²) in [5.74, 6) is 1.69. The molecule has 3 heterocycles. The Morgan fingerprint density at radius 2 is 1.07 bits per heavy atom. The van der Waals surface area contributed by atoms with Crippen LogP contribution in [0.2, 0.25) is 0 Å². The smallest absolute Gasteiger partial charge is 0.164 e. The van der Waals surface area contributed by atoms with Crippen LogP contribution in [0.1, 0.15) is 58.2 Å². The van der Waals surface area contributed by atoms with Crippen molar-refractivity contribution >= 4 is 64.1 Å². The Morgan fingerprint density at radius 1 is 0.500 bits per heavy atom. The van der Waals surface area contributed by atoms with Crippen molar-refractivity contribution < 1.29 is 0 Å². The minimum absolute atomic E-state index is 0.0194. The first-order chi connectivity index (χ1) is 27.9. The summed E-state index contributed by atoms with van der Waals surface area (Å²) in [7, 11) is 0. The normalized spacial score (nSPS) is 12.3. The summed E-state index contributed by atoms with van der Waals surface area (Å²) in [5, 5.41) is 18.1. The molecule has 0 aliphatic heterocycles. The number of rotatable bonds is 4. The summed E-state index contributed by atoms with van der Waals surface area (Å²) < 4.78 is 4.74. The molecule has 0 atom stereocenters. The molecule has 0 fully saturated rings. The second kappa shape index (κ2) is 13.2. The number of nitrogens with zero attached hydrogens (tertiary/aromatic N) is 5. The van der Waals surface area contributed by atoms with Crippen molar-refractivity contribution in [3.8, 4) is 45.9 Å². The minimum atomic E-state index is 0.0194. The van der Waals surface area contributed by atoms with E-state index in [9.17, 15) is 5.26 Å². The van der Waals surface area contributed by atoms with Gasteiger partial charge in [-0.05, 0) is 75.2 Å². The first-order valence-electron chi connectivity index (χ1n) is 19.7. The second-order valence-electron chi connectivity index (χ2n) is 17.3. The van der Waals surface area contributed by atoms with Crippen molar-refractivity contribution in [1.29, 1.82) is 5.26 Å². The molecular weight excluding hydrogens is 727 g/mol. The number of fused-ring (bicyclic) bond motifs is 8. The molecule has 0 aliphatic carbocycles. The summed E-state index contributed by atoms with van der Waals surface area (Å²) in [6.45, 7) is 13.3. The number of benzene rings is 7. The number of hydrogen-bond donors (Lipinski definition) is 0. The number of nitriles is 1. The quantitative estimate of drug-likeness (QED) is 0.179. The SMILES string of the molecule is CC(C)(C)c1ccc(-c2nc(-c3ccc(C(C)(C)C)cc3)nc(-c3ccc(-n4c5cc6sc7ccccc7c6cc5c5c6ccccc6ccc54)c(C#N)c3)n2)cc1. The van der Waals surface area contributed by atoms with Crippen molar-refractivity contribution in [1.82, 2.24) is 19.5 Å². The van der Waals surface area contributed by atoms with Crippen LogP contribution in [0.3, 0.4) is 0 Å². The molecule has 7 aromatic carbocycles. The van der Waals surface area contributed by atoms with Crippen molar-refractivity contribution in [2.75, 3.05) is 0 Å². The van der Waals surface area contributed by atoms with Gasteiger partial charge in [0.1, 0.15) is 6.07 Å². The fourth-order valence-electron chi connectivity index (χ4n) is 8.23. The van der Waals surface area contributed by atoms with Crippen molar-refractivity contribution in [3.05, 3.63) is 156 Å². The van der Waals surface area contributed by atoms with Gasteiger partial charge in [-0.3, -0.25) is 0 Å². The molecule has 0 bridgehead atoms. The molecule has 6 heteroatoms. The van der Waals surface area contributed by atoms with E-state index in [4.69, 9.17) is 15.0 Å². The van der Waals surface area contributed by atoms with E-state index in [1.165, 1.54) is 47.5 Å². The van der Waals surface area contributed by atoms with Gasteiger partial charge in [0.25, 0.3) is 0 Å². The Bertz CT molecular complexity index is 3220. The van der Waals surface area contributed by atoms with Gasteiger partial charge in [-0.25, -0.2) is 15.0 Å². The van der Waals surface area contributed by atoms with E-state index < -0.39 is 0 Å². The summed E-state index contributed by atoms with van der Waals surface area (Å²) in [6.07, 6.45) is 0. The van der Waals surface area contributed by atoms with Gasteiger partial charge in [-0.1, -0.05) is 139 Å². The average Bonchev–Trinajstić information content (AvgIpc) is 3.76. The highest BCUT2D eigenvalue weighted by molar-refractivity contribution is 7.25. The molecule has 10 rings (SSSR count). The Balaban J connectivity index is 1.17. The Morgan fingerprint density at radius 3 is 1.69 bits per heavy atom. The van der Waals surface area contributed by atoms with Crippen LogP contribution in [0.25, 0.3) is 92.6 Å². The lowest BCUT2D eigenvalue weighted by atomic mass is 9.86. The molecule has 0 saturated heterocycles. The summed E-state index contributed by atoms with van der Waals surface area (Å²) in [4.78, 5) is 15.2. The fourth-order valence-corrected chi connectivity index (χ4v) is 9.35. The highest BCUT2D eigenvalue weighted by Gasteiger charge is 2.22. The lowest BCUT2D eigenvalue weighted by molar-refractivity contribution is 0.590. The highest BCUT2D eigenvalue weighted by atomic mass is 32.1. The van der Waals surface area contributed by atoms with Gasteiger partial charge in [0.2, 0.25) is 0 Å². The third-order valence-corrected chi connectivity index (χ3v) is 12.6. The molecule has 3 aromatic heterocycles. The van der Waals surface area contributed by atoms with Crippen LogP contribution >= 0.6 is 11.3 Å². The fraction of sp³-hybridized carbons (Fsp3) is 0.154. The number of thiophene rings is 1. The molecular formula is C52H41N5S. The van der Waals surface area contributed by atoms with Crippen LogP contribution in [-0.2, 0) is 10.8 Å². The van der Waals surface area contributed by atoms with Crippen molar-refractivity contribution in [2.45, 2.75) is 52.4 Å². The van der Waals surface area contributed by atoms with Gasteiger partial charge in [-0.15, -0.1) is 11.3 Å². The van der Waals surface area contributed by atoms with E-state index in [0.717, 1.165) is 38.8 Å². The predicted molar refractivity (Wildman–Crippen MR) is 243 cm³/mol. The molecule has 0 saturated carbocycles. The molecule has 0 N–H and O–H groups in total. The van der Waals surface area contributed by atoms with E-state index in [2.05, 4.69) is 180 Å². The standard InChI is InChI=1S/C52H41N5S/c1-51(2,3)36-21-15-32(16-22-36)48-54-49(33-17-23-37(24-18-33)52(4,5)6)56-50(55-48)34-20-25-42(35(27-34)30-53)57-43-26-19-31-11-7-8-12-38(31)47(43)41-28-40-39-13-9-10-14-45(39)58-46(40)29-44(41)57/h7-29H,1-6H3. The maximum Gasteiger partial charge on any atom is 0.164 e. The molecule has 0 radical (unpaired) electrons. The first kappa shape index (κ1) is 35.7. The minimum Gasteiger partial charge on any atom is -0.308 e. The summed E-state index contributed by atoms with van der Waals surface area (Å²) in [5.41, 5.74) is 8.56. The van der Waals surface area contributed by atoms with Crippen molar-refractivity contribution in [2.24, 2.45) is 0 Å². The van der Waals surface area contributed by atoms with Gasteiger partial charge in [0, 0.05) is 47.6 Å². The monoisotopic (exact) mass is 767 g/mol. The van der Waals surface area contributed by atoms with Crippen LogP contribution in [0.15, 0.2) is 140 Å². The zero-order valence-electron chi connectivity index (χ0n) is 33.4. The molecule has 280 valence electrons. The largest absolute Gasteiger partial charge is 0.308 e. The third-order valence-electron chi connectivity index (χ3n) is 11.4. The average molecular weight is 768 g/mol. The van der Waals surface area contributed by atoms with E-state index in [0.29, 0.717) is 23.0 Å². The maximum absolute atomic E-state index is 10.9. The van der Waals surface area contributed by atoms with Crippen LogP contribution in [0.5, 0.6) is 0 Å². The zero-order chi connectivity index (χ0) is 39.9. The van der Waals surface area contributed by atoms with Gasteiger partial charge in [0.05, 0.1) is 22.3 Å². The van der Waals surface area contributed by atoms with Crippen LogP contribution < -0.4 is 0 Å². The van der Waals surface area contributed by atoms with Crippen LogP contribution in [-0.4, -0.2) is 19.5 Å². The summed E-state index contributed by atoms with van der Waals surface area (Å²) >= 11 is 1.81. The number of aromatic nitrogens is 4. The Kier molecular flexibility index (Phi) is 8.12. The molecule has 10 aromatic rings. The van der Waals surface area contributed by atoms with Gasteiger partial charge < -0.3 is 4.57 Å². The molecule has 5 nitrogen and oxygen atoms in total. The van der Waals surface area contributed by atoms with E-state index >= 15 is 0 Å². The molecule has 0 aliphatic rings. The van der Waals surface area contributed by atoms with Gasteiger partial charge >= 0.3 is 0 Å². The second-order valence-corrected chi connectivity index (χ2v) is 18.4. The lowest BCUT2D eigenvalue weighted by Crippen LogP contribution is -2.11. The lowest BCUT2D eigenvalue weighted by Gasteiger charge is -2.19. The van der Waals surface area contributed by atoms with Gasteiger partial charge in [-0.2, -0.15) is 5.26 Å². The molecule has 0 unspecified atom stereocenters. The first-order valence-corrected chi connectivity index (χ1v) is 20.6. The Hall–Kier alpha value is -6.68. The van der Waals surface area contributed by atoms with Crippen LogP contribution in [0, 0.1) is 11.3 Å². The highest BCUT2D eigenvalue weighted by Crippen LogP contribution is 2.43. The predicted octanol–water partition coefficient (Wildman–Crippen LogP) is 14.0. The molecule has 58 heavy (non-hydrogen) atoms. The maximum atomic E-state index is 10.9. The molecule has 0 amide bonds. The van der Waals surface area contributed by atoms with Gasteiger partial charge in [0.15, 0.2) is 17.5 Å². The molecule has 0 spiro atoms. The Labute approximate surface area is 341 Å². The van der Waals surface area contributed by atoms with E-state index in [1.54, 1.807) is 11.3 Å². The zero-order valence-corrected chi connectivity index (χ0v) is 34.2. The summed E-state index contributed by atoms with van der Waals surface area (Å²) in [6, 6.07) is 51.8. The third kappa shape index (κ3) is 5.93.